The second-order valence-corrected chi connectivity index (χ2v) is 4.98. The van der Waals surface area contributed by atoms with Gasteiger partial charge >= 0.3 is 0 Å². The van der Waals surface area contributed by atoms with Gasteiger partial charge in [0.1, 0.15) is 12.2 Å². The molecule has 4 N–H and O–H groups in total. The summed E-state index contributed by atoms with van der Waals surface area (Å²) in [7, 11) is 0. The van der Waals surface area contributed by atoms with Crippen LogP contribution in [-0.4, -0.2) is 61.9 Å². The van der Waals surface area contributed by atoms with Gasteiger partial charge in [0.25, 0.3) is 0 Å². The van der Waals surface area contributed by atoms with Gasteiger partial charge in [0.15, 0.2) is 0 Å². The maximum Gasteiger partial charge on any atom is 0.124 e. The Morgan fingerprint density at radius 1 is 1.10 bits per heavy atom. The van der Waals surface area contributed by atoms with Crippen LogP contribution in [0.25, 0.3) is 0 Å². The summed E-state index contributed by atoms with van der Waals surface area (Å²) in [5.74, 6) is 0. The van der Waals surface area contributed by atoms with Gasteiger partial charge in [-0.25, -0.2) is 0 Å². The number of hydrogen-bond donors (Lipinski definition) is 4. The third-order valence-corrected chi connectivity index (χ3v) is 3.24. The number of rotatable bonds is 9. The first-order chi connectivity index (χ1) is 10.0. The Bertz CT molecular complexity index is 401. The number of aromatic nitrogens is 2. The van der Waals surface area contributed by atoms with E-state index in [4.69, 9.17) is 9.84 Å². The van der Waals surface area contributed by atoms with Crippen LogP contribution in [0.4, 0.5) is 0 Å². The van der Waals surface area contributed by atoms with E-state index in [1.165, 1.54) is 12.4 Å². The van der Waals surface area contributed by atoms with Gasteiger partial charge in [-0.2, -0.15) is 0 Å². The van der Waals surface area contributed by atoms with Crippen molar-refractivity contribution in [1.82, 2.24) is 9.97 Å². The molecule has 1 aromatic rings. The van der Waals surface area contributed by atoms with Crippen molar-refractivity contribution in [3.63, 3.8) is 0 Å². The van der Waals surface area contributed by atoms with Crippen molar-refractivity contribution in [3.8, 4) is 0 Å². The standard InChI is InChI=1S/C14H24N2O5/c1-3-9(2)21-14(8-18)11-6-15-10(5-16-11)4-12(19)13(20)7-17/h5-6,9,12-14,17-20H,3-4,7-8H2,1-2H3/t9-,12+,13-,14?/m1/s1. The summed E-state index contributed by atoms with van der Waals surface area (Å²) in [4.78, 5) is 8.30. The van der Waals surface area contributed by atoms with Gasteiger partial charge in [0, 0.05) is 12.6 Å². The predicted octanol–water partition coefficient (Wildman–Crippen LogP) is -0.418. The number of nitrogens with zero attached hydrogens (tertiary/aromatic N) is 2. The lowest BCUT2D eigenvalue weighted by atomic mass is 10.1. The summed E-state index contributed by atoms with van der Waals surface area (Å²) in [5, 5.41) is 37.0. The lowest BCUT2D eigenvalue weighted by molar-refractivity contribution is -0.0365. The van der Waals surface area contributed by atoms with Crippen molar-refractivity contribution in [2.45, 2.75) is 51.1 Å². The van der Waals surface area contributed by atoms with Crippen LogP contribution in [-0.2, 0) is 11.2 Å². The van der Waals surface area contributed by atoms with Crippen LogP contribution in [0, 0.1) is 0 Å². The van der Waals surface area contributed by atoms with Crippen molar-refractivity contribution in [1.29, 1.82) is 0 Å². The molecule has 0 aliphatic rings. The van der Waals surface area contributed by atoms with Crippen molar-refractivity contribution >= 4 is 0 Å². The van der Waals surface area contributed by atoms with Crippen molar-refractivity contribution in [2.24, 2.45) is 0 Å². The van der Waals surface area contributed by atoms with Gasteiger partial charge in [-0.3, -0.25) is 9.97 Å². The van der Waals surface area contributed by atoms with Gasteiger partial charge in [0.05, 0.1) is 43.0 Å². The molecule has 0 saturated carbocycles. The third-order valence-electron chi connectivity index (χ3n) is 3.24. The minimum Gasteiger partial charge on any atom is -0.394 e. The quantitative estimate of drug-likeness (QED) is 0.489. The molecule has 4 atom stereocenters. The molecule has 0 radical (unpaired) electrons. The molecule has 0 saturated heterocycles. The number of hydrogen-bond acceptors (Lipinski definition) is 7. The molecular formula is C14H24N2O5. The molecule has 120 valence electrons. The van der Waals surface area contributed by atoms with Gasteiger partial charge in [-0.15, -0.1) is 0 Å². The van der Waals surface area contributed by atoms with E-state index < -0.39 is 24.9 Å². The highest BCUT2D eigenvalue weighted by Gasteiger charge is 2.18. The van der Waals surface area contributed by atoms with Crippen LogP contribution < -0.4 is 0 Å². The fourth-order valence-corrected chi connectivity index (χ4v) is 1.69. The molecule has 7 nitrogen and oxygen atoms in total. The number of ether oxygens (including phenoxy) is 1. The lowest BCUT2D eigenvalue weighted by Gasteiger charge is -2.19. The van der Waals surface area contributed by atoms with Crippen LogP contribution in [0.2, 0.25) is 0 Å². The van der Waals surface area contributed by atoms with E-state index in [0.29, 0.717) is 11.4 Å². The molecule has 1 heterocycles. The Labute approximate surface area is 124 Å². The molecule has 0 aromatic carbocycles. The summed E-state index contributed by atoms with van der Waals surface area (Å²) >= 11 is 0. The zero-order valence-electron chi connectivity index (χ0n) is 12.4. The second-order valence-electron chi connectivity index (χ2n) is 4.98. The highest BCUT2D eigenvalue weighted by atomic mass is 16.5. The zero-order valence-corrected chi connectivity index (χ0v) is 12.4. The summed E-state index contributed by atoms with van der Waals surface area (Å²) in [6, 6.07) is 0. The molecule has 0 aliphatic carbocycles. The number of aliphatic hydroxyl groups excluding tert-OH is 4. The van der Waals surface area contributed by atoms with Gasteiger partial charge in [-0.1, -0.05) is 6.92 Å². The Morgan fingerprint density at radius 2 is 1.81 bits per heavy atom. The van der Waals surface area contributed by atoms with E-state index in [1.54, 1.807) is 0 Å². The second kappa shape index (κ2) is 9.01. The third kappa shape index (κ3) is 5.64. The van der Waals surface area contributed by atoms with Crippen LogP contribution in [0.1, 0.15) is 37.8 Å². The first kappa shape index (κ1) is 17.9. The maximum absolute atomic E-state index is 9.60. The summed E-state index contributed by atoms with van der Waals surface area (Å²) < 4.78 is 5.64. The number of aliphatic hydroxyl groups is 4. The molecule has 1 rings (SSSR count). The Balaban J connectivity index is 2.67. The van der Waals surface area contributed by atoms with E-state index in [9.17, 15) is 15.3 Å². The van der Waals surface area contributed by atoms with Crippen LogP contribution >= 0.6 is 0 Å². The molecule has 0 bridgehead atoms. The normalized spacial score (nSPS) is 17.2. The zero-order chi connectivity index (χ0) is 15.8. The molecule has 0 aliphatic heterocycles. The first-order valence-corrected chi connectivity index (χ1v) is 7.05. The van der Waals surface area contributed by atoms with E-state index in [0.717, 1.165) is 6.42 Å². The van der Waals surface area contributed by atoms with Crippen LogP contribution in [0.5, 0.6) is 0 Å². The highest BCUT2D eigenvalue weighted by Crippen LogP contribution is 2.17. The van der Waals surface area contributed by atoms with E-state index in [1.807, 2.05) is 13.8 Å². The molecule has 0 spiro atoms. The first-order valence-electron chi connectivity index (χ1n) is 7.05. The average molecular weight is 300 g/mol. The Kier molecular flexibility index (Phi) is 7.69. The van der Waals surface area contributed by atoms with E-state index >= 15 is 0 Å². The summed E-state index contributed by atoms with van der Waals surface area (Å²) in [6.07, 6.45) is 1.03. The minimum absolute atomic E-state index is 0.00477. The van der Waals surface area contributed by atoms with Gasteiger partial charge < -0.3 is 25.2 Å². The van der Waals surface area contributed by atoms with Gasteiger partial charge in [-0.05, 0) is 13.3 Å². The molecular weight excluding hydrogens is 276 g/mol. The topological polar surface area (TPSA) is 116 Å². The van der Waals surface area contributed by atoms with Crippen LogP contribution in [0.15, 0.2) is 12.4 Å². The highest BCUT2D eigenvalue weighted by molar-refractivity contribution is 5.06. The predicted molar refractivity (Wildman–Crippen MR) is 75.5 cm³/mol. The van der Waals surface area contributed by atoms with E-state index in [-0.39, 0.29) is 19.1 Å². The Morgan fingerprint density at radius 3 is 2.29 bits per heavy atom. The molecule has 21 heavy (non-hydrogen) atoms. The molecule has 7 heteroatoms. The fraction of sp³-hybridized carbons (Fsp3) is 0.714. The molecule has 1 aromatic heterocycles. The van der Waals surface area contributed by atoms with Crippen molar-refractivity contribution in [3.05, 3.63) is 23.8 Å². The van der Waals surface area contributed by atoms with E-state index in [2.05, 4.69) is 9.97 Å². The molecule has 0 amide bonds. The minimum atomic E-state index is -1.20. The average Bonchev–Trinajstić information content (AvgIpc) is 2.52. The monoisotopic (exact) mass is 300 g/mol. The molecule has 1 unspecified atom stereocenters. The Hall–Kier alpha value is -1.12. The van der Waals surface area contributed by atoms with Gasteiger partial charge in [0.2, 0.25) is 0 Å². The smallest absolute Gasteiger partial charge is 0.124 e. The van der Waals surface area contributed by atoms with Crippen LogP contribution in [0.3, 0.4) is 0 Å². The lowest BCUT2D eigenvalue weighted by Crippen LogP contribution is -2.31. The summed E-state index contributed by atoms with van der Waals surface area (Å²) in [5.41, 5.74) is 0.998. The van der Waals surface area contributed by atoms with Crippen molar-refractivity contribution in [2.75, 3.05) is 13.2 Å². The SMILES string of the molecule is CC[C@@H](C)OC(CO)c1cnc(C[C@H](O)[C@H](O)CO)cn1. The van der Waals surface area contributed by atoms with Crippen molar-refractivity contribution < 1.29 is 25.2 Å². The largest absolute Gasteiger partial charge is 0.394 e. The fourth-order valence-electron chi connectivity index (χ4n) is 1.69. The maximum atomic E-state index is 9.60. The molecule has 0 fully saturated rings. The summed E-state index contributed by atoms with van der Waals surface area (Å²) in [6.45, 7) is 3.20.